The molecule has 0 saturated heterocycles. The lowest BCUT2D eigenvalue weighted by Gasteiger charge is -2.20. The lowest BCUT2D eigenvalue weighted by molar-refractivity contribution is 0.285. The molecule has 0 aromatic carbocycles. The van der Waals surface area contributed by atoms with Crippen molar-refractivity contribution in [2.24, 2.45) is 0 Å². The molecule has 1 aromatic rings. The van der Waals surface area contributed by atoms with Crippen LogP contribution in [0.2, 0.25) is 0 Å². The molecule has 0 amide bonds. The number of anilines is 1. The van der Waals surface area contributed by atoms with Crippen LogP contribution in [0.4, 0.5) is 5.69 Å². The van der Waals surface area contributed by atoms with Crippen molar-refractivity contribution >= 4 is 5.69 Å². The largest absolute Gasteiger partial charge is 0.381 e. The molecule has 1 heterocycles. The number of aromatic nitrogens is 2. The molecule has 1 aromatic heterocycles. The van der Waals surface area contributed by atoms with E-state index in [1.807, 2.05) is 10.9 Å². The summed E-state index contributed by atoms with van der Waals surface area (Å²) in [5.41, 5.74) is 1.27. The molecule has 0 aliphatic carbocycles. The third-order valence-electron chi connectivity index (χ3n) is 3.28. The molecule has 0 fully saturated rings. The highest BCUT2D eigenvalue weighted by Crippen LogP contribution is 2.04. The van der Waals surface area contributed by atoms with Crippen LogP contribution < -0.4 is 10.6 Å². The highest BCUT2D eigenvalue weighted by Gasteiger charge is 2.07. The van der Waals surface area contributed by atoms with Crippen molar-refractivity contribution in [1.82, 2.24) is 20.0 Å². The van der Waals surface area contributed by atoms with Crippen LogP contribution in [0.3, 0.4) is 0 Å². The van der Waals surface area contributed by atoms with Gasteiger partial charge in [0.05, 0.1) is 18.4 Å². The molecule has 2 N–H and O–H groups in total. The Labute approximate surface area is 123 Å². The lowest BCUT2D eigenvalue weighted by atomic mass is 10.1. The molecular formula is C15H31N5. The third kappa shape index (κ3) is 6.91. The van der Waals surface area contributed by atoms with Crippen molar-refractivity contribution in [3.63, 3.8) is 0 Å². The van der Waals surface area contributed by atoms with Gasteiger partial charge in [-0.05, 0) is 33.9 Å². The van der Waals surface area contributed by atoms with E-state index in [1.54, 1.807) is 0 Å². The van der Waals surface area contributed by atoms with Crippen molar-refractivity contribution in [2.75, 3.05) is 38.0 Å². The van der Waals surface area contributed by atoms with Gasteiger partial charge in [0, 0.05) is 31.4 Å². The van der Waals surface area contributed by atoms with Crippen molar-refractivity contribution in [3.8, 4) is 0 Å². The SMILES string of the molecule is CCN(CC)CCn1cc(NCCNC(C)(C)C)cn1. The van der Waals surface area contributed by atoms with E-state index in [-0.39, 0.29) is 5.54 Å². The van der Waals surface area contributed by atoms with E-state index in [0.717, 1.165) is 45.0 Å². The molecule has 0 bridgehead atoms. The molecule has 0 atom stereocenters. The van der Waals surface area contributed by atoms with Gasteiger partial charge in [0.15, 0.2) is 0 Å². The topological polar surface area (TPSA) is 45.1 Å². The number of hydrogen-bond donors (Lipinski definition) is 2. The van der Waals surface area contributed by atoms with Crippen molar-refractivity contribution in [2.45, 2.75) is 46.7 Å². The van der Waals surface area contributed by atoms with Gasteiger partial charge in [-0.1, -0.05) is 13.8 Å². The van der Waals surface area contributed by atoms with E-state index < -0.39 is 0 Å². The number of hydrogen-bond acceptors (Lipinski definition) is 4. The Balaban J connectivity index is 2.25. The van der Waals surface area contributed by atoms with Gasteiger partial charge in [0.25, 0.3) is 0 Å². The summed E-state index contributed by atoms with van der Waals surface area (Å²) in [6.45, 7) is 17.0. The number of rotatable bonds is 9. The Morgan fingerprint density at radius 3 is 2.50 bits per heavy atom. The zero-order valence-electron chi connectivity index (χ0n) is 13.7. The number of nitrogens with one attached hydrogen (secondary N) is 2. The van der Waals surface area contributed by atoms with Gasteiger partial charge >= 0.3 is 0 Å². The molecule has 0 radical (unpaired) electrons. The first kappa shape index (κ1) is 17.0. The van der Waals surface area contributed by atoms with Crippen molar-refractivity contribution < 1.29 is 0 Å². The Morgan fingerprint density at radius 1 is 1.20 bits per heavy atom. The van der Waals surface area contributed by atoms with Crippen LogP contribution in [0.15, 0.2) is 12.4 Å². The molecule has 5 nitrogen and oxygen atoms in total. The van der Waals surface area contributed by atoms with Gasteiger partial charge < -0.3 is 15.5 Å². The highest BCUT2D eigenvalue weighted by atomic mass is 15.3. The summed E-state index contributed by atoms with van der Waals surface area (Å²) in [4.78, 5) is 2.40. The highest BCUT2D eigenvalue weighted by molar-refractivity contribution is 5.37. The van der Waals surface area contributed by atoms with Gasteiger partial charge in [0.2, 0.25) is 0 Å². The third-order valence-corrected chi connectivity index (χ3v) is 3.28. The average molecular weight is 281 g/mol. The predicted molar refractivity (Wildman–Crippen MR) is 86.3 cm³/mol. The van der Waals surface area contributed by atoms with Gasteiger partial charge in [0.1, 0.15) is 0 Å². The summed E-state index contributed by atoms with van der Waals surface area (Å²) in [5, 5.41) is 11.2. The summed E-state index contributed by atoms with van der Waals surface area (Å²) in [6, 6.07) is 0. The second-order valence-corrected chi connectivity index (χ2v) is 6.12. The first-order chi connectivity index (χ1) is 9.44. The van der Waals surface area contributed by atoms with Crippen LogP contribution in [0.5, 0.6) is 0 Å². The second-order valence-electron chi connectivity index (χ2n) is 6.12. The average Bonchev–Trinajstić information content (AvgIpc) is 2.83. The molecular weight excluding hydrogens is 250 g/mol. The molecule has 0 aliphatic heterocycles. The van der Waals surface area contributed by atoms with Crippen molar-refractivity contribution in [3.05, 3.63) is 12.4 Å². The van der Waals surface area contributed by atoms with E-state index >= 15 is 0 Å². The van der Waals surface area contributed by atoms with Gasteiger partial charge in [-0.25, -0.2) is 0 Å². The fourth-order valence-electron chi connectivity index (χ4n) is 2.01. The van der Waals surface area contributed by atoms with Crippen LogP contribution in [-0.4, -0.2) is 52.9 Å². The van der Waals surface area contributed by atoms with Crippen LogP contribution in [0.1, 0.15) is 34.6 Å². The molecule has 20 heavy (non-hydrogen) atoms. The minimum absolute atomic E-state index is 0.176. The quantitative estimate of drug-likeness (QED) is 0.680. The second kappa shape index (κ2) is 8.27. The number of likely N-dealkylation sites (N-methyl/N-ethyl adjacent to an activating group) is 1. The molecule has 5 heteroatoms. The first-order valence-electron chi connectivity index (χ1n) is 7.68. The summed E-state index contributed by atoms with van der Waals surface area (Å²) >= 11 is 0. The Bertz CT molecular complexity index is 363. The summed E-state index contributed by atoms with van der Waals surface area (Å²) in [5.74, 6) is 0. The fraction of sp³-hybridized carbons (Fsp3) is 0.800. The van der Waals surface area contributed by atoms with Gasteiger partial charge in [-0.15, -0.1) is 0 Å². The van der Waals surface area contributed by atoms with Crippen molar-refractivity contribution in [1.29, 1.82) is 0 Å². The Morgan fingerprint density at radius 2 is 1.90 bits per heavy atom. The van der Waals surface area contributed by atoms with Crippen LogP contribution >= 0.6 is 0 Å². The van der Waals surface area contributed by atoms with Gasteiger partial charge in [-0.3, -0.25) is 4.68 Å². The fourth-order valence-corrected chi connectivity index (χ4v) is 2.01. The molecule has 0 unspecified atom stereocenters. The smallest absolute Gasteiger partial charge is 0.0726 e. The Hall–Kier alpha value is -1.07. The summed E-state index contributed by atoms with van der Waals surface area (Å²) < 4.78 is 2.01. The molecule has 0 aliphatic rings. The van der Waals surface area contributed by atoms with Crippen LogP contribution in [0, 0.1) is 0 Å². The maximum atomic E-state index is 4.39. The zero-order valence-corrected chi connectivity index (χ0v) is 13.7. The predicted octanol–water partition coefficient (Wildman–Crippen LogP) is 2.02. The molecule has 116 valence electrons. The van der Waals surface area contributed by atoms with E-state index in [2.05, 4.69) is 61.4 Å². The molecule has 1 rings (SSSR count). The summed E-state index contributed by atoms with van der Waals surface area (Å²) in [7, 11) is 0. The Kier molecular flexibility index (Phi) is 7.02. The monoisotopic (exact) mass is 281 g/mol. The molecule has 0 saturated carbocycles. The van der Waals surface area contributed by atoms with E-state index in [4.69, 9.17) is 0 Å². The minimum atomic E-state index is 0.176. The maximum absolute atomic E-state index is 4.39. The van der Waals surface area contributed by atoms with Gasteiger partial charge in [-0.2, -0.15) is 5.10 Å². The number of nitrogens with zero attached hydrogens (tertiary/aromatic N) is 3. The van der Waals surface area contributed by atoms with E-state index in [9.17, 15) is 0 Å². The minimum Gasteiger partial charge on any atom is -0.381 e. The van der Waals surface area contributed by atoms with Crippen LogP contribution in [0.25, 0.3) is 0 Å². The maximum Gasteiger partial charge on any atom is 0.0726 e. The standard InChI is InChI=1S/C15H31N5/c1-6-19(7-2)10-11-20-13-14(12-18-20)16-8-9-17-15(3,4)5/h12-13,16-17H,6-11H2,1-5H3. The van der Waals surface area contributed by atoms with Crippen LogP contribution in [-0.2, 0) is 6.54 Å². The zero-order chi connectivity index (χ0) is 15.0. The molecule has 0 spiro atoms. The lowest BCUT2D eigenvalue weighted by Crippen LogP contribution is -2.38. The van der Waals surface area contributed by atoms with E-state index in [1.165, 1.54) is 0 Å². The normalized spacial score (nSPS) is 12.1. The first-order valence-corrected chi connectivity index (χ1v) is 7.68. The van der Waals surface area contributed by atoms with E-state index in [0.29, 0.717) is 0 Å². The summed E-state index contributed by atoms with van der Waals surface area (Å²) in [6.07, 6.45) is 3.99.